The Morgan fingerprint density at radius 2 is 2.70 bits per heavy atom. The number of aromatic nitrogens is 2. The topological polar surface area (TPSA) is 37.9 Å². The van der Waals surface area contributed by atoms with Gasteiger partial charge in [-0.2, -0.15) is 5.10 Å². The van der Waals surface area contributed by atoms with E-state index in [1.165, 1.54) is 6.42 Å². The maximum absolute atomic E-state index is 5.43. The molecule has 2 rings (SSSR count). The van der Waals surface area contributed by atoms with Crippen LogP contribution < -0.4 is 0 Å². The second-order valence-corrected chi connectivity index (χ2v) is 2.51. The Labute approximate surface area is 59.4 Å². The van der Waals surface area contributed by atoms with Crippen molar-refractivity contribution in [2.24, 2.45) is 0 Å². The number of nitrogens with zero attached hydrogens (tertiary/aromatic N) is 1. The van der Waals surface area contributed by atoms with Crippen LogP contribution in [0.3, 0.4) is 0 Å². The number of rotatable bonds is 1. The minimum Gasteiger partial charge on any atom is -0.372 e. The molecule has 1 aliphatic heterocycles. The maximum Gasteiger partial charge on any atom is 0.0989 e. The molecule has 0 aliphatic carbocycles. The van der Waals surface area contributed by atoms with Gasteiger partial charge in [0, 0.05) is 12.8 Å². The van der Waals surface area contributed by atoms with Gasteiger partial charge in [-0.1, -0.05) is 0 Å². The number of ether oxygens (including phenoxy) is 1. The predicted octanol–water partition coefficient (Wildman–Crippen LogP) is 1.26. The summed E-state index contributed by atoms with van der Waals surface area (Å²) in [7, 11) is 0. The van der Waals surface area contributed by atoms with E-state index in [9.17, 15) is 0 Å². The van der Waals surface area contributed by atoms with Gasteiger partial charge in [-0.15, -0.1) is 0 Å². The van der Waals surface area contributed by atoms with Crippen LogP contribution in [0.15, 0.2) is 12.3 Å². The lowest BCUT2D eigenvalue weighted by Crippen LogP contribution is -1.95. The van der Waals surface area contributed by atoms with E-state index in [2.05, 4.69) is 10.2 Å². The van der Waals surface area contributed by atoms with Crippen LogP contribution in [0, 0.1) is 0 Å². The summed E-state index contributed by atoms with van der Waals surface area (Å²) in [4.78, 5) is 0. The molecule has 1 aromatic heterocycles. The standard InChI is InChI=1S/C7H10N2O/c1-2-7(10-5-1)6-3-4-8-9-6/h3-4,7H,1-2,5H2,(H,8,9)/t7-/m1/s1. The molecule has 0 spiro atoms. The smallest absolute Gasteiger partial charge is 0.0989 e. The Kier molecular flexibility index (Phi) is 1.43. The number of hydrogen-bond acceptors (Lipinski definition) is 2. The lowest BCUT2D eigenvalue weighted by Gasteiger charge is -2.03. The van der Waals surface area contributed by atoms with Gasteiger partial charge in [-0.05, 0) is 18.9 Å². The Bertz CT molecular complexity index is 189. The number of hydrogen-bond donors (Lipinski definition) is 1. The van der Waals surface area contributed by atoms with Crippen LogP contribution in [0.25, 0.3) is 0 Å². The molecule has 1 aromatic rings. The highest BCUT2D eigenvalue weighted by atomic mass is 16.5. The zero-order chi connectivity index (χ0) is 6.81. The zero-order valence-electron chi connectivity index (χ0n) is 5.71. The monoisotopic (exact) mass is 138 g/mol. The van der Waals surface area contributed by atoms with E-state index in [0.717, 1.165) is 18.7 Å². The van der Waals surface area contributed by atoms with Crippen molar-refractivity contribution in [2.45, 2.75) is 18.9 Å². The molecular formula is C7H10N2O. The van der Waals surface area contributed by atoms with Crippen LogP contribution in [-0.2, 0) is 4.74 Å². The molecule has 0 saturated carbocycles. The molecule has 0 amide bonds. The van der Waals surface area contributed by atoms with Crippen molar-refractivity contribution < 1.29 is 4.74 Å². The van der Waals surface area contributed by atoms with E-state index in [-0.39, 0.29) is 6.10 Å². The molecule has 3 nitrogen and oxygen atoms in total. The molecule has 3 heteroatoms. The molecule has 54 valence electrons. The van der Waals surface area contributed by atoms with Crippen LogP contribution in [-0.4, -0.2) is 16.8 Å². The number of H-pyrrole nitrogens is 1. The highest BCUT2D eigenvalue weighted by molar-refractivity contribution is 5.02. The van der Waals surface area contributed by atoms with Gasteiger partial charge in [-0.25, -0.2) is 0 Å². The third-order valence-corrected chi connectivity index (χ3v) is 1.80. The zero-order valence-corrected chi connectivity index (χ0v) is 5.71. The van der Waals surface area contributed by atoms with Crippen molar-refractivity contribution in [3.8, 4) is 0 Å². The largest absolute Gasteiger partial charge is 0.372 e. The summed E-state index contributed by atoms with van der Waals surface area (Å²) in [6.45, 7) is 0.893. The van der Waals surface area contributed by atoms with Crippen molar-refractivity contribution in [1.82, 2.24) is 10.2 Å². The summed E-state index contributed by atoms with van der Waals surface area (Å²) in [5.41, 5.74) is 1.11. The van der Waals surface area contributed by atoms with Gasteiger partial charge in [0.15, 0.2) is 0 Å². The second kappa shape index (κ2) is 2.42. The first-order valence-corrected chi connectivity index (χ1v) is 3.58. The van der Waals surface area contributed by atoms with E-state index in [1.54, 1.807) is 6.20 Å². The molecule has 0 aromatic carbocycles. The van der Waals surface area contributed by atoms with Crippen LogP contribution in [0.1, 0.15) is 24.6 Å². The molecule has 0 radical (unpaired) electrons. The van der Waals surface area contributed by atoms with Crippen molar-refractivity contribution in [3.05, 3.63) is 18.0 Å². The third kappa shape index (κ3) is 0.926. The van der Waals surface area contributed by atoms with Gasteiger partial charge in [0.05, 0.1) is 11.8 Å². The van der Waals surface area contributed by atoms with Gasteiger partial charge in [0.1, 0.15) is 0 Å². The lowest BCUT2D eigenvalue weighted by atomic mass is 10.2. The molecule has 1 aliphatic rings. The third-order valence-electron chi connectivity index (χ3n) is 1.80. The van der Waals surface area contributed by atoms with Gasteiger partial charge in [-0.3, -0.25) is 5.10 Å². The average Bonchev–Trinajstić information content (AvgIpc) is 2.59. The Morgan fingerprint density at radius 1 is 1.70 bits per heavy atom. The minimum atomic E-state index is 0.280. The highest BCUT2D eigenvalue weighted by Crippen LogP contribution is 2.26. The van der Waals surface area contributed by atoms with Gasteiger partial charge in [0.25, 0.3) is 0 Å². The molecule has 1 atom stereocenters. The summed E-state index contributed by atoms with van der Waals surface area (Å²) in [5, 5.41) is 6.77. The molecule has 2 heterocycles. The fraction of sp³-hybridized carbons (Fsp3) is 0.571. The Morgan fingerprint density at radius 3 is 3.30 bits per heavy atom. The fourth-order valence-electron chi connectivity index (χ4n) is 1.27. The molecule has 1 fully saturated rings. The molecule has 0 bridgehead atoms. The number of aromatic amines is 1. The molecule has 1 N–H and O–H groups in total. The first kappa shape index (κ1) is 5.92. The van der Waals surface area contributed by atoms with Crippen LogP contribution in [0.2, 0.25) is 0 Å². The van der Waals surface area contributed by atoms with Gasteiger partial charge >= 0.3 is 0 Å². The molecule has 1 saturated heterocycles. The second-order valence-electron chi connectivity index (χ2n) is 2.51. The maximum atomic E-state index is 5.43. The van der Waals surface area contributed by atoms with Crippen molar-refractivity contribution in [2.75, 3.05) is 6.61 Å². The fourth-order valence-corrected chi connectivity index (χ4v) is 1.27. The quantitative estimate of drug-likeness (QED) is 0.634. The lowest BCUT2D eigenvalue weighted by molar-refractivity contribution is 0.108. The summed E-state index contributed by atoms with van der Waals surface area (Å²) in [6.07, 6.45) is 4.34. The normalized spacial score (nSPS) is 25.4. The van der Waals surface area contributed by atoms with E-state index in [4.69, 9.17) is 4.74 Å². The van der Waals surface area contributed by atoms with Gasteiger partial charge < -0.3 is 4.74 Å². The average molecular weight is 138 g/mol. The predicted molar refractivity (Wildman–Crippen MR) is 36.5 cm³/mol. The van der Waals surface area contributed by atoms with Crippen molar-refractivity contribution in [3.63, 3.8) is 0 Å². The van der Waals surface area contributed by atoms with Crippen LogP contribution in [0.4, 0.5) is 0 Å². The van der Waals surface area contributed by atoms with E-state index < -0.39 is 0 Å². The molecular weight excluding hydrogens is 128 g/mol. The molecule has 0 unspecified atom stereocenters. The summed E-state index contributed by atoms with van der Waals surface area (Å²) >= 11 is 0. The number of nitrogens with one attached hydrogen (secondary N) is 1. The molecule has 10 heavy (non-hydrogen) atoms. The first-order valence-electron chi connectivity index (χ1n) is 3.58. The SMILES string of the molecule is c1cc([C@H]2CCCO2)[nH]n1. The van der Waals surface area contributed by atoms with Crippen LogP contribution >= 0.6 is 0 Å². The van der Waals surface area contributed by atoms with Gasteiger partial charge in [0.2, 0.25) is 0 Å². The van der Waals surface area contributed by atoms with Crippen molar-refractivity contribution in [1.29, 1.82) is 0 Å². The highest BCUT2D eigenvalue weighted by Gasteiger charge is 2.17. The summed E-state index contributed by atoms with van der Waals surface area (Å²) in [6, 6.07) is 1.97. The minimum absolute atomic E-state index is 0.280. The first-order chi connectivity index (χ1) is 4.97. The van der Waals surface area contributed by atoms with Crippen LogP contribution in [0.5, 0.6) is 0 Å². The van der Waals surface area contributed by atoms with E-state index in [1.807, 2.05) is 6.07 Å². The Balaban J connectivity index is 2.12. The van der Waals surface area contributed by atoms with E-state index in [0.29, 0.717) is 0 Å². The summed E-state index contributed by atoms with van der Waals surface area (Å²) < 4.78 is 5.43. The summed E-state index contributed by atoms with van der Waals surface area (Å²) in [5.74, 6) is 0. The van der Waals surface area contributed by atoms with E-state index >= 15 is 0 Å². The van der Waals surface area contributed by atoms with Crippen molar-refractivity contribution >= 4 is 0 Å². The Hall–Kier alpha value is -0.830.